The van der Waals surface area contributed by atoms with Crippen LogP contribution in [0, 0.1) is 0 Å². The molecule has 0 unspecified atom stereocenters. The maximum Gasteiger partial charge on any atom is 0.240 e. The maximum absolute atomic E-state index is 13.0. The lowest BCUT2D eigenvalue weighted by Gasteiger charge is -2.17. The lowest BCUT2D eigenvalue weighted by molar-refractivity contribution is 0.580. The predicted molar refractivity (Wildman–Crippen MR) is 121 cm³/mol. The molecule has 2 aromatic carbocycles. The summed E-state index contributed by atoms with van der Waals surface area (Å²) in [6.45, 7) is 1.49. The second-order valence-electron chi connectivity index (χ2n) is 7.56. The number of para-hydroxylation sites is 1. The lowest BCUT2D eigenvalue weighted by atomic mass is 9.98. The topological polar surface area (TPSA) is 219 Å². The number of primary sulfonamides is 1. The number of nitrogen functional groups attached to an aromatic ring is 1. The number of hydrogen-bond donors (Lipinski definition) is 4. The number of hydrogen-bond acceptors (Lipinski definition) is 10. The molecule has 15 heteroatoms. The van der Waals surface area contributed by atoms with Crippen molar-refractivity contribution in [1.29, 1.82) is 0 Å². The second-order valence-corrected chi connectivity index (χ2v) is 11.1. The van der Waals surface area contributed by atoms with E-state index >= 15 is 0 Å². The standard InChI is InChI=1S/C18H21N9O4S2/c1-9(19)8-32(28,29)13-7-6-10(11-4-3-5-12-15(11)22-18(20)27(12)2)14(16(13)33(21,30)31)17-23-25-26-24-17/h3-7,9H,8,19H2,1-2H3,(H2,20,22)(H2,21,30,31)(H,23,24,25,26)/t9-/m0/s1. The summed E-state index contributed by atoms with van der Waals surface area (Å²) >= 11 is 0. The van der Waals surface area contributed by atoms with Crippen molar-refractivity contribution in [3.05, 3.63) is 30.3 Å². The van der Waals surface area contributed by atoms with Gasteiger partial charge in [-0.1, -0.05) is 18.2 Å². The number of benzene rings is 2. The highest BCUT2D eigenvalue weighted by atomic mass is 32.2. The Morgan fingerprint density at radius 3 is 2.45 bits per heavy atom. The van der Waals surface area contributed by atoms with Gasteiger partial charge in [0, 0.05) is 18.7 Å². The molecule has 33 heavy (non-hydrogen) atoms. The SMILES string of the molecule is C[C@H](N)CS(=O)(=O)c1ccc(-c2cccc3c2nc(N)n3C)c(-c2nn[nH]n2)c1S(N)(=O)=O. The first-order valence-corrected chi connectivity index (χ1v) is 12.7. The molecule has 0 saturated heterocycles. The van der Waals surface area contributed by atoms with E-state index in [1.807, 2.05) is 0 Å². The van der Waals surface area contributed by atoms with Gasteiger partial charge in [-0.25, -0.2) is 27.0 Å². The third-order valence-corrected chi connectivity index (χ3v) is 8.13. The third kappa shape index (κ3) is 3.95. The van der Waals surface area contributed by atoms with Crippen LogP contribution in [0.4, 0.5) is 5.95 Å². The summed E-state index contributed by atoms with van der Waals surface area (Å²) in [6, 6.07) is 7.10. The van der Waals surface area contributed by atoms with Gasteiger partial charge in [0.25, 0.3) is 0 Å². The van der Waals surface area contributed by atoms with Crippen molar-refractivity contribution in [2.45, 2.75) is 22.8 Å². The van der Waals surface area contributed by atoms with E-state index in [4.69, 9.17) is 16.6 Å². The molecule has 0 aliphatic rings. The van der Waals surface area contributed by atoms with Gasteiger partial charge in [0.15, 0.2) is 9.84 Å². The van der Waals surface area contributed by atoms with Crippen molar-refractivity contribution in [1.82, 2.24) is 30.2 Å². The number of rotatable bonds is 6. The van der Waals surface area contributed by atoms with Crippen LogP contribution >= 0.6 is 0 Å². The van der Waals surface area contributed by atoms with E-state index in [0.29, 0.717) is 16.6 Å². The summed E-state index contributed by atoms with van der Waals surface area (Å²) in [5, 5.41) is 19.1. The molecular formula is C18H21N9O4S2. The monoisotopic (exact) mass is 491 g/mol. The molecule has 4 rings (SSSR count). The summed E-state index contributed by atoms with van der Waals surface area (Å²) in [5.74, 6) is -0.415. The Morgan fingerprint density at radius 2 is 1.85 bits per heavy atom. The molecular weight excluding hydrogens is 470 g/mol. The Balaban J connectivity index is 2.17. The van der Waals surface area contributed by atoms with Gasteiger partial charge in [-0.3, -0.25) is 0 Å². The van der Waals surface area contributed by atoms with Gasteiger partial charge < -0.3 is 16.0 Å². The number of nitrogens with one attached hydrogen (secondary N) is 1. The van der Waals surface area contributed by atoms with Gasteiger partial charge in [-0.15, -0.1) is 10.2 Å². The molecule has 4 aromatic rings. The van der Waals surface area contributed by atoms with Gasteiger partial charge in [0.05, 0.1) is 27.2 Å². The molecule has 174 valence electrons. The van der Waals surface area contributed by atoms with Crippen LogP contribution in [0.3, 0.4) is 0 Å². The number of imidazole rings is 1. The van der Waals surface area contributed by atoms with Crippen LogP contribution < -0.4 is 16.6 Å². The predicted octanol–water partition coefficient (Wildman–Crippen LogP) is -0.229. The molecule has 0 aliphatic carbocycles. The molecule has 0 bridgehead atoms. The van der Waals surface area contributed by atoms with Gasteiger partial charge in [-0.2, -0.15) is 5.21 Å². The maximum atomic E-state index is 13.0. The van der Waals surface area contributed by atoms with Crippen LogP contribution in [-0.4, -0.2) is 58.8 Å². The number of fused-ring (bicyclic) bond motifs is 1. The largest absolute Gasteiger partial charge is 0.369 e. The number of sulfone groups is 1. The van der Waals surface area contributed by atoms with Crippen LogP contribution in [0.25, 0.3) is 33.5 Å². The van der Waals surface area contributed by atoms with E-state index in [0.717, 1.165) is 0 Å². The highest BCUT2D eigenvalue weighted by molar-refractivity contribution is 7.93. The van der Waals surface area contributed by atoms with E-state index in [1.165, 1.54) is 19.1 Å². The highest BCUT2D eigenvalue weighted by Gasteiger charge is 2.33. The van der Waals surface area contributed by atoms with Crippen molar-refractivity contribution in [3.63, 3.8) is 0 Å². The summed E-state index contributed by atoms with van der Waals surface area (Å²) < 4.78 is 53.3. The minimum Gasteiger partial charge on any atom is -0.369 e. The number of nitrogens with zero attached hydrogens (tertiary/aromatic N) is 5. The highest BCUT2D eigenvalue weighted by Crippen LogP contribution is 2.41. The summed E-state index contributed by atoms with van der Waals surface area (Å²) in [7, 11) is -7.00. The average molecular weight is 492 g/mol. The molecule has 0 fully saturated rings. The first-order chi connectivity index (χ1) is 15.4. The summed E-state index contributed by atoms with van der Waals surface area (Å²) in [5.41, 5.74) is 13.4. The van der Waals surface area contributed by atoms with Crippen molar-refractivity contribution in [2.75, 3.05) is 11.5 Å². The number of H-pyrrole nitrogens is 1. The van der Waals surface area contributed by atoms with Crippen molar-refractivity contribution in [3.8, 4) is 22.5 Å². The fraction of sp³-hybridized carbons (Fsp3) is 0.222. The van der Waals surface area contributed by atoms with Crippen LogP contribution in [0.5, 0.6) is 0 Å². The number of tetrazole rings is 1. The summed E-state index contributed by atoms with van der Waals surface area (Å²) in [4.78, 5) is 3.22. The first kappa shape index (κ1) is 22.8. The molecule has 0 saturated carbocycles. The van der Waals surface area contributed by atoms with E-state index in [2.05, 4.69) is 25.6 Å². The third-order valence-electron chi connectivity index (χ3n) is 5.03. The van der Waals surface area contributed by atoms with Gasteiger partial charge >= 0.3 is 0 Å². The number of aryl methyl sites for hydroxylation is 1. The fourth-order valence-electron chi connectivity index (χ4n) is 3.69. The zero-order valence-electron chi connectivity index (χ0n) is 17.6. The lowest BCUT2D eigenvalue weighted by Crippen LogP contribution is -2.28. The Morgan fingerprint density at radius 1 is 1.12 bits per heavy atom. The quantitative estimate of drug-likeness (QED) is 0.277. The molecule has 0 radical (unpaired) electrons. The Hall–Kier alpha value is -3.40. The van der Waals surface area contributed by atoms with E-state index in [9.17, 15) is 16.8 Å². The number of aromatic amines is 1. The zero-order valence-corrected chi connectivity index (χ0v) is 19.2. The molecule has 0 spiro atoms. The number of aromatic nitrogens is 6. The van der Waals surface area contributed by atoms with Crippen molar-refractivity contribution in [2.24, 2.45) is 17.9 Å². The van der Waals surface area contributed by atoms with Crippen molar-refractivity contribution >= 4 is 36.8 Å². The molecule has 13 nitrogen and oxygen atoms in total. The Kier molecular flexibility index (Phi) is 5.44. The second kappa shape index (κ2) is 7.87. The van der Waals surface area contributed by atoms with Crippen molar-refractivity contribution < 1.29 is 16.8 Å². The van der Waals surface area contributed by atoms with Crippen LogP contribution in [0.2, 0.25) is 0 Å². The minimum atomic E-state index is -4.59. The molecule has 0 amide bonds. The minimum absolute atomic E-state index is 0.131. The molecule has 7 N–H and O–H groups in total. The first-order valence-electron chi connectivity index (χ1n) is 9.55. The Bertz CT molecular complexity index is 1570. The molecule has 2 aromatic heterocycles. The van der Waals surface area contributed by atoms with E-state index in [1.54, 1.807) is 29.8 Å². The molecule has 2 heterocycles. The summed E-state index contributed by atoms with van der Waals surface area (Å²) in [6.07, 6.45) is 0. The van der Waals surface area contributed by atoms with E-state index in [-0.39, 0.29) is 22.9 Å². The van der Waals surface area contributed by atoms with Crippen LogP contribution in [0.15, 0.2) is 40.1 Å². The van der Waals surface area contributed by atoms with Gasteiger partial charge in [0.1, 0.15) is 4.90 Å². The smallest absolute Gasteiger partial charge is 0.240 e. The number of nitrogens with two attached hydrogens (primary N) is 3. The molecule has 1 atom stereocenters. The fourth-order valence-corrected chi connectivity index (χ4v) is 6.79. The normalized spacial score (nSPS) is 13.5. The van der Waals surface area contributed by atoms with E-state index < -0.39 is 41.4 Å². The average Bonchev–Trinajstić information content (AvgIpc) is 3.34. The van der Waals surface area contributed by atoms with Gasteiger partial charge in [0.2, 0.25) is 21.8 Å². The zero-order chi connectivity index (χ0) is 24.1. The molecule has 0 aliphatic heterocycles. The number of anilines is 1. The van der Waals surface area contributed by atoms with Gasteiger partial charge in [-0.05, 0) is 29.8 Å². The van der Waals surface area contributed by atoms with Crippen LogP contribution in [0.1, 0.15) is 6.92 Å². The Labute approximate surface area is 189 Å². The number of sulfonamides is 1. The van der Waals surface area contributed by atoms with Crippen LogP contribution in [-0.2, 0) is 26.9 Å².